The number of benzene rings is 2. The number of amides is 1. The molecule has 156 valence electrons. The van der Waals surface area contributed by atoms with Gasteiger partial charge in [0.15, 0.2) is 0 Å². The molecular weight excluding hydrogens is 387 g/mol. The van der Waals surface area contributed by atoms with Crippen molar-refractivity contribution in [2.45, 2.75) is 52.6 Å². The number of nitrogens with zero attached hydrogens (tertiary/aromatic N) is 1. The van der Waals surface area contributed by atoms with Crippen molar-refractivity contribution in [1.82, 2.24) is 10.2 Å². The summed E-state index contributed by atoms with van der Waals surface area (Å²) in [7, 11) is 0. The van der Waals surface area contributed by atoms with E-state index in [1.807, 2.05) is 0 Å². The van der Waals surface area contributed by atoms with Crippen molar-refractivity contribution >= 4 is 17.5 Å². The van der Waals surface area contributed by atoms with Crippen molar-refractivity contribution in [3.8, 4) is 0 Å². The third-order valence-electron chi connectivity index (χ3n) is 6.03. The Morgan fingerprint density at radius 2 is 1.90 bits per heavy atom. The lowest BCUT2D eigenvalue weighted by Gasteiger charge is -2.32. The second-order valence-electron chi connectivity index (χ2n) is 8.10. The van der Waals surface area contributed by atoms with Crippen LogP contribution >= 0.6 is 11.6 Å². The number of rotatable bonds is 6. The van der Waals surface area contributed by atoms with Gasteiger partial charge in [-0.1, -0.05) is 42.8 Å². The van der Waals surface area contributed by atoms with Crippen LogP contribution in [0.1, 0.15) is 54.5 Å². The number of likely N-dealkylation sites (tertiary alicyclic amines) is 1. The van der Waals surface area contributed by atoms with Crippen molar-refractivity contribution < 1.29 is 9.18 Å². The predicted octanol–water partition coefficient (Wildman–Crippen LogP) is 5.58. The molecule has 0 aromatic heterocycles. The van der Waals surface area contributed by atoms with Crippen LogP contribution in [0.2, 0.25) is 5.02 Å². The molecule has 1 atom stereocenters. The third-order valence-corrected chi connectivity index (χ3v) is 6.26. The molecule has 3 rings (SSSR count). The highest BCUT2D eigenvalue weighted by molar-refractivity contribution is 6.30. The number of halogens is 2. The van der Waals surface area contributed by atoms with Gasteiger partial charge in [0.1, 0.15) is 5.82 Å². The molecule has 0 aliphatic carbocycles. The van der Waals surface area contributed by atoms with E-state index in [4.69, 9.17) is 11.6 Å². The lowest BCUT2D eigenvalue weighted by molar-refractivity contribution is -0.127. The third kappa shape index (κ3) is 5.58. The summed E-state index contributed by atoms with van der Waals surface area (Å²) in [5, 5.41) is 3.66. The topological polar surface area (TPSA) is 32.3 Å². The molecule has 0 radical (unpaired) electrons. The van der Waals surface area contributed by atoms with E-state index < -0.39 is 0 Å². The van der Waals surface area contributed by atoms with E-state index in [1.54, 1.807) is 12.1 Å². The van der Waals surface area contributed by atoms with E-state index in [1.165, 1.54) is 22.8 Å². The Kier molecular flexibility index (Phi) is 7.31. The zero-order valence-corrected chi connectivity index (χ0v) is 18.2. The number of hydrogen-bond acceptors (Lipinski definition) is 2. The second-order valence-corrected chi connectivity index (χ2v) is 8.54. The van der Waals surface area contributed by atoms with Crippen molar-refractivity contribution in [3.05, 3.63) is 69.5 Å². The van der Waals surface area contributed by atoms with Gasteiger partial charge in [-0.3, -0.25) is 9.69 Å². The van der Waals surface area contributed by atoms with Crippen molar-refractivity contribution in [3.63, 3.8) is 0 Å². The highest BCUT2D eigenvalue weighted by Crippen LogP contribution is 2.24. The number of hydrogen-bond donors (Lipinski definition) is 1. The quantitative estimate of drug-likeness (QED) is 0.667. The number of aryl methyl sites for hydroxylation is 2. The molecule has 29 heavy (non-hydrogen) atoms. The van der Waals surface area contributed by atoms with Crippen molar-refractivity contribution in [2.75, 3.05) is 13.1 Å². The normalized spacial score (nSPS) is 16.6. The molecule has 2 aromatic carbocycles. The Bertz CT molecular complexity index is 862. The molecule has 3 nitrogen and oxygen atoms in total. The number of nitrogens with one attached hydrogen (secondary N) is 1. The second kappa shape index (κ2) is 9.73. The molecule has 0 spiro atoms. The molecule has 0 saturated carbocycles. The molecule has 1 aliphatic rings. The monoisotopic (exact) mass is 416 g/mol. The lowest BCUT2D eigenvalue weighted by Crippen LogP contribution is -2.41. The summed E-state index contributed by atoms with van der Waals surface area (Å²) >= 11 is 5.83. The van der Waals surface area contributed by atoms with Crippen LogP contribution in [0.5, 0.6) is 0 Å². The Morgan fingerprint density at radius 3 is 2.52 bits per heavy atom. The molecule has 1 aliphatic heterocycles. The minimum Gasteiger partial charge on any atom is -0.349 e. The van der Waals surface area contributed by atoms with Crippen LogP contribution < -0.4 is 5.32 Å². The first-order valence-electron chi connectivity index (χ1n) is 10.4. The van der Waals surface area contributed by atoms with Crippen LogP contribution in [-0.4, -0.2) is 23.9 Å². The fraction of sp³-hybridized carbons (Fsp3) is 0.458. The molecule has 1 amide bonds. The van der Waals surface area contributed by atoms with Gasteiger partial charge in [-0.15, -0.1) is 0 Å². The Labute approximate surface area is 178 Å². The maximum absolute atomic E-state index is 14.0. The van der Waals surface area contributed by atoms with Gasteiger partial charge in [-0.2, -0.15) is 0 Å². The van der Waals surface area contributed by atoms with Gasteiger partial charge in [0, 0.05) is 23.0 Å². The van der Waals surface area contributed by atoms with Crippen LogP contribution in [0.3, 0.4) is 0 Å². The van der Waals surface area contributed by atoms with Crippen molar-refractivity contribution in [1.29, 1.82) is 0 Å². The summed E-state index contributed by atoms with van der Waals surface area (Å²) in [6.07, 6.45) is 2.46. The molecule has 0 bridgehead atoms. The van der Waals surface area contributed by atoms with Gasteiger partial charge in [0.25, 0.3) is 0 Å². The SMILES string of the molecule is CCC(NC(=O)C1CCN(Cc2ccc(Cl)cc2F)CC1)c1ccc(C)c(C)c1. The summed E-state index contributed by atoms with van der Waals surface area (Å²) in [5.74, 6) is -0.120. The summed E-state index contributed by atoms with van der Waals surface area (Å²) in [6.45, 7) is 8.44. The molecule has 1 N–H and O–H groups in total. The predicted molar refractivity (Wildman–Crippen MR) is 117 cm³/mol. The summed E-state index contributed by atoms with van der Waals surface area (Å²) in [4.78, 5) is 15.0. The first-order chi connectivity index (χ1) is 13.9. The van der Waals surface area contributed by atoms with E-state index >= 15 is 0 Å². The minimum atomic E-state index is -0.267. The first-order valence-corrected chi connectivity index (χ1v) is 10.8. The van der Waals surface area contributed by atoms with E-state index in [9.17, 15) is 9.18 Å². The van der Waals surface area contributed by atoms with Gasteiger partial charge < -0.3 is 5.32 Å². The molecule has 1 saturated heterocycles. The average molecular weight is 417 g/mol. The van der Waals surface area contributed by atoms with Crippen LogP contribution in [0.25, 0.3) is 0 Å². The first kappa shape index (κ1) is 21.8. The maximum Gasteiger partial charge on any atom is 0.223 e. The fourth-order valence-electron chi connectivity index (χ4n) is 3.94. The van der Waals surface area contributed by atoms with E-state index in [0.29, 0.717) is 17.1 Å². The zero-order valence-electron chi connectivity index (χ0n) is 17.5. The Morgan fingerprint density at radius 1 is 1.17 bits per heavy atom. The molecule has 5 heteroatoms. The highest BCUT2D eigenvalue weighted by atomic mass is 35.5. The van der Waals surface area contributed by atoms with E-state index in [2.05, 4.69) is 49.2 Å². The Hall–Kier alpha value is -1.91. The molecule has 1 heterocycles. The molecular formula is C24H30ClFN2O. The van der Waals surface area contributed by atoms with E-state index in [-0.39, 0.29) is 23.7 Å². The molecule has 1 unspecified atom stereocenters. The van der Waals surface area contributed by atoms with Gasteiger partial charge in [0.05, 0.1) is 6.04 Å². The summed E-state index contributed by atoms with van der Waals surface area (Å²) in [6, 6.07) is 11.3. The molecule has 1 fully saturated rings. The van der Waals surface area contributed by atoms with Crippen LogP contribution in [0.15, 0.2) is 36.4 Å². The molecule has 2 aromatic rings. The number of carbonyl (C=O) groups is 1. The van der Waals surface area contributed by atoms with Crippen LogP contribution in [0, 0.1) is 25.6 Å². The average Bonchev–Trinajstić information content (AvgIpc) is 2.71. The zero-order chi connectivity index (χ0) is 21.0. The van der Waals surface area contributed by atoms with Crippen LogP contribution in [0.4, 0.5) is 4.39 Å². The van der Waals surface area contributed by atoms with Crippen LogP contribution in [-0.2, 0) is 11.3 Å². The number of carbonyl (C=O) groups excluding carboxylic acids is 1. The standard InChI is InChI=1S/C24H30ClFN2O/c1-4-23(19-6-5-16(2)17(3)13-19)27-24(29)18-9-11-28(12-10-18)15-20-7-8-21(25)14-22(20)26/h5-8,13-14,18,23H,4,9-12,15H2,1-3H3,(H,27,29). The van der Waals surface area contributed by atoms with Gasteiger partial charge >= 0.3 is 0 Å². The lowest BCUT2D eigenvalue weighted by atomic mass is 9.94. The largest absolute Gasteiger partial charge is 0.349 e. The summed E-state index contributed by atoms with van der Waals surface area (Å²) < 4.78 is 14.0. The minimum absolute atomic E-state index is 0.0157. The maximum atomic E-state index is 14.0. The smallest absolute Gasteiger partial charge is 0.223 e. The Balaban J connectivity index is 1.54. The summed E-state index contributed by atoms with van der Waals surface area (Å²) in [5.41, 5.74) is 4.33. The highest BCUT2D eigenvalue weighted by Gasteiger charge is 2.27. The van der Waals surface area contributed by atoms with Gasteiger partial charge in [0.2, 0.25) is 5.91 Å². The van der Waals surface area contributed by atoms with Gasteiger partial charge in [-0.25, -0.2) is 4.39 Å². The number of piperidine rings is 1. The van der Waals surface area contributed by atoms with Gasteiger partial charge in [-0.05, 0) is 75.0 Å². The fourth-order valence-corrected chi connectivity index (χ4v) is 4.09. The van der Waals surface area contributed by atoms with Crippen molar-refractivity contribution in [2.24, 2.45) is 5.92 Å². The van der Waals surface area contributed by atoms with E-state index in [0.717, 1.165) is 32.4 Å².